The molecule has 0 bridgehead atoms. The average molecular weight is 546 g/mol. The summed E-state index contributed by atoms with van der Waals surface area (Å²) in [4.78, 5) is 4.71. The number of hydrogen-bond donors (Lipinski definition) is 0. The third-order valence-electron chi connectivity index (χ3n) is 6.60. The van der Waals surface area contributed by atoms with Gasteiger partial charge in [0.05, 0.1) is 0 Å². The smallest absolute Gasteiger partial charge is 0.238 e. The Balaban J connectivity index is 1.45. The highest BCUT2D eigenvalue weighted by atomic mass is 35.5. The molecule has 0 radical (unpaired) electrons. The van der Waals surface area contributed by atoms with Gasteiger partial charge in [0.15, 0.2) is 0 Å². The van der Waals surface area contributed by atoms with Crippen molar-refractivity contribution < 1.29 is 4.42 Å². The number of nitrogens with zero attached hydrogens (tertiary/aromatic N) is 3. The van der Waals surface area contributed by atoms with Crippen molar-refractivity contribution in [1.82, 2.24) is 4.57 Å². The molecule has 4 nitrogen and oxygen atoms in total. The molecule has 6 rings (SSSR count). The number of aliphatic imine (C=N–C) groups is 1. The van der Waals surface area contributed by atoms with E-state index < -0.39 is 0 Å². The van der Waals surface area contributed by atoms with Gasteiger partial charge in [-0.25, -0.2) is 4.99 Å². The van der Waals surface area contributed by atoms with Gasteiger partial charge < -0.3 is 8.98 Å². The number of rotatable bonds is 6. The third-order valence-corrected chi connectivity index (χ3v) is 7.18. The van der Waals surface area contributed by atoms with Gasteiger partial charge in [0.2, 0.25) is 5.88 Å². The zero-order valence-corrected chi connectivity index (χ0v) is 22.2. The number of furan rings is 1. The number of benzene rings is 4. The second-order valence-electron chi connectivity index (χ2n) is 9.05. The van der Waals surface area contributed by atoms with Crippen LogP contribution in [0.4, 0.5) is 5.88 Å². The van der Waals surface area contributed by atoms with Crippen molar-refractivity contribution in [3.05, 3.63) is 136 Å². The first-order valence-corrected chi connectivity index (χ1v) is 13.1. The van der Waals surface area contributed by atoms with Crippen LogP contribution in [-0.4, -0.2) is 10.8 Å². The van der Waals surface area contributed by atoms with Crippen molar-refractivity contribution in [2.75, 3.05) is 0 Å². The van der Waals surface area contributed by atoms with Gasteiger partial charge in [-0.1, -0.05) is 108 Å². The maximum Gasteiger partial charge on any atom is 0.238 e. The summed E-state index contributed by atoms with van der Waals surface area (Å²) in [6.45, 7) is 0.574. The Kier molecular flexibility index (Phi) is 6.77. The van der Waals surface area contributed by atoms with Crippen LogP contribution in [0, 0.1) is 11.3 Å². The van der Waals surface area contributed by atoms with Crippen LogP contribution in [-0.2, 0) is 6.54 Å². The molecule has 0 N–H and O–H groups in total. The largest absolute Gasteiger partial charge is 0.436 e. The first kappa shape index (κ1) is 24.8. The lowest BCUT2D eigenvalue weighted by Gasteiger charge is -2.08. The fourth-order valence-corrected chi connectivity index (χ4v) is 5.23. The van der Waals surface area contributed by atoms with Crippen molar-refractivity contribution in [2.24, 2.45) is 4.99 Å². The summed E-state index contributed by atoms with van der Waals surface area (Å²) in [5, 5.41) is 12.4. The van der Waals surface area contributed by atoms with Crippen LogP contribution in [0.5, 0.6) is 0 Å². The standard InChI is InChI=1S/C33H21Cl2N3O/c34-26-16-15-24(29(35)17-26)20-38-21-25(27-13-7-8-14-30(27)38)19-37-33-28(18-36)31(22-9-3-1-4-10-22)32(39-33)23-11-5-2-6-12-23/h1-17,19,21H,20H2. The van der Waals surface area contributed by atoms with E-state index in [9.17, 15) is 5.26 Å². The van der Waals surface area contributed by atoms with Crippen LogP contribution in [0.25, 0.3) is 33.4 Å². The third kappa shape index (κ3) is 4.86. The van der Waals surface area contributed by atoms with E-state index in [-0.39, 0.29) is 5.88 Å². The molecule has 0 amide bonds. The predicted octanol–water partition coefficient (Wildman–Crippen LogP) is 9.55. The van der Waals surface area contributed by atoms with E-state index in [1.807, 2.05) is 91.1 Å². The van der Waals surface area contributed by atoms with E-state index in [1.165, 1.54) is 0 Å². The minimum absolute atomic E-state index is 0.271. The normalized spacial score (nSPS) is 11.3. The molecule has 0 atom stereocenters. The second kappa shape index (κ2) is 10.7. The Hall–Kier alpha value is -4.56. The molecule has 6 aromatic rings. The Bertz CT molecular complexity index is 1860. The summed E-state index contributed by atoms with van der Waals surface area (Å²) in [6.07, 6.45) is 3.79. The molecule has 0 aliphatic heterocycles. The van der Waals surface area contributed by atoms with Crippen molar-refractivity contribution in [3.8, 4) is 28.5 Å². The molecule has 0 saturated heterocycles. The molecule has 39 heavy (non-hydrogen) atoms. The van der Waals surface area contributed by atoms with Crippen molar-refractivity contribution in [1.29, 1.82) is 5.26 Å². The minimum Gasteiger partial charge on any atom is -0.436 e. The summed E-state index contributed by atoms with van der Waals surface area (Å²) in [7, 11) is 0. The molecule has 188 valence electrons. The van der Waals surface area contributed by atoms with Gasteiger partial charge in [-0.3, -0.25) is 0 Å². The van der Waals surface area contributed by atoms with Gasteiger partial charge in [-0.05, 0) is 29.3 Å². The lowest BCUT2D eigenvalue weighted by molar-refractivity contribution is 0.593. The zero-order chi connectivity index (χ0) is 26.8. The Morgan fingerprint density at radius 2 is 1.54 bits per heavy atom. The second-order valence-corrected chi connectivity index (χ2v) is 9.90. The number of aromatic nitrogens is 1. The van der Waals surface area contributed by atoms with Crippen molar-refractivity contribution >= 4 is 46.2 Å². The molecular formula is C33H21Cl2N3O. The molecule has 4 aromatic carbocycles. The van der Waals surface area contributed by atoms with Gasteiger partial charge in [0.25, 0.3) is 0 Å². The summed E-state index contributed by atoms with van der Waals surface area (Å²) in [5.74, 6) is 0.887. The van der Waals surface area contributed by atoms with E-state index in [1.54, 1.807) is 12.3 Å². The predicted molar refractivity (Wildman–Crippen MR) is 159 cm³/mol. The van der Waals surface area contributed by atoms with Crippen molar-refractivity contribution in [3.63, 3.8) is 0 Å². The molecule has 0 saturated carbocycles. The van der Waals surface area contributed by atoms with Gasteiger partial charge in [-0.15, -0.1) is 0 Å². The fraction of sp³-hybridized carbons (Fsp3) is 0.0303. The summed E-state index contributed by atoms with van der Waals surface area (Å²) < 4.78 is 8.41. The number of hydrogen-bond acceptors (Lipinski definition) is 3. The van der Waals surface area contributed by atoms with Crippen LogP contribution >= 0.6 is 23.2 Å². The molecule has 0 aliphatic rings. The van der Waals surface area contributed by atoms with Gasteiger partial charge >= 0.3 is 0 Å². The molecule has 0 spiro atoms. The molecule has 0 fully saturated rings. The Labute approximate surface area is 236 Å². The van der Waals surface area contributed by atoms with Gasteiger partial charge in [0, 0.05) is 56.6 Å². The van der Waals surface area contributed by atoms with Crippen LogP contribution in [0.1, 0.15) is 16.7 Å². The van der Waals surface area contributed by atoms with Crippen LogP contribution < -0.4 is 0 Å². The maximum absolute atomic E-state index is 10.2. The number of halogens is 2. The highest BCUT2D eigenvalue weighted by Crippen LogP contribution is 2.42. The lowest BCUT2D eigenvalue weighted by atomic mass is 9.98. The van der Waals surface area contributed by atoms with Crippen LogP contribution in [0.15, 0.2) is 119 Å². The molecule has 2 heterocycles. The van der Waals surface area contributed by atoms with Crippen molar-refractivity contribution in [2.45, 2.75) is 6.54 Å². The van der Waals surface area contributed by atoms with E-state index >= 15 is 0 Å². The maximum atomic E-state index is 10.2. The monoisotopic (exact) mass is 545 g/mol. The lowest BCUT2D eigenvalue weighted by Crippen LogP contribution is -1.98. The van der Waals surface area contributed by atoms with Crippen LogP contribution in [0.2, 0.25) is 10.0 Å². The van der Waals surface area contributed by atoms with E-state index in [4.69, 9.17) is 32.6 Å². The molecular weight excluding hydrogens is 525 g/mol. The Morgan fingerprint density at radius 3 is 2.26 bits per heavy atom. The van der Waals surface area contributed by atoms with Crippen LogP contribution in [0.3, 0.4) is 0 Å². The minimum atomic E-state index is 0.271. The average Bonchev–Trinajstić information content (AvgIpc) is 3.52. The topological polar surface area (TPSA) is 54.2 Å². The van der Waals surface area contributed by atoms with E-state index in [0.29, 0.717) is 27.9 Å². The first-order valence-electron chi connectivity index (χ1n) is 12.4. The van der Waals surface area contributed by atoms with Gasteiger partial charge in [-0.2, -0.15) is 5.26 Å². The first-order chi connectivity index (χ1) is 19.1. The highest BCUT2D eigenvalue weighted by Gasteiger charge is 2.22. The molecule has 0 aliphatic carbocycles. The summed E-state index contributed by atoms with van der Waals surface area (Å²) in [6, 6.07) is 35.5. The molecule has 6 heteroatoms. The molecule has 0 unspecified atom stereocenters. The van der Waals surface area contributed by atoms with E-state index in [0.717, 1.165) is 38.7 Å². The SMILES string of the molecule is N#Cc1c(N=Cc2cn(Cc3ccc(Cl)cc3Cl)c3ccccc23)oc(-c2ccccc2)c1-c1ccccc1. The zero-order valence-electron chi connectivity index (χ0n) is 20.7. The number of fused-ring (bicyclic) bond motifs is 1. The Morgan fingerprint density at radius 1 is 0.846 bits per heavy atom. The number of para-hydroxylation sites is 1. The number of nitriles is 1. The summed E-state index contributed by atoms with van der Waals surface area (Å²) >= 11 is 12.6. The highest BCUT2D eigenvalue weighted by molar-refractivity contribution is 6.35. The van der Waals surface area contributed by atoms with E-state index in [2.05, 4.69) is 22.8 Å². The summed E-state index contributed by atoms with van der Waals surface area (Å²) in [5.41, 5.74) is 5.81. The molecule has 2 aromatic heterocycles. The van der Waals surface area contributed by atoms with Gasteiger partial charge in [0.1, 0.15) is 17.4 Å². The quantitative estimate of drug-likeness (QED) is 0.195. The fourth-order valence-electron chi connectivity index (χ4n) is 4.76.